The number of carbonyl (C=O) groups excluding carboxylic acids is 1. The van der Waals surface area contributed by atoms with E-state index in [0.29, 0.717) is 16.8 Å². The van der Waals surface area contributed by atoms with Crippen molar-refractivity contribution in [1.29, 1.82) is 0 Å². The maximum absolute atomic E-state index is 12.6. The van der Waals surface area contributed by atoms with Gasteiger partial charge in [0.15, 0.2) is 10.8 Å². The Bertz CT molecular complexity index is 777. The molecule has 128 valence electrons. The van der Waals surface area contributed by atoms with Crippen molar-refractivity contribution in [3.8, 4) is 0 Å². The summed E-state index contributed by atoms with van der Waals surface area (Å²) < 4.78 is 38.5. The highest BCUT2D eigenvalue weighted by Crippen LogP contribution is 2.28. The van der Waals surface area contributed by atoms with Crippen molar-refractivity contribution < 1.29 is 18.0 Å². The van der Waals surface area contributed by atoms with E-state index >= 15 is 0 Å². The molecule has 0 aliphatic heterocycles. The minimum atomic E-state index is -4.63. The largest absolute Gasteiger partial charge is 0.435 e. The fourth-order valence-corrected chi connectivity index (χ4v) is 2.08. The first-order valence-corrected chi connectivity index (χ1v) is 7.19. The number of rotatable bonds is 2. The summed E-state index contributed by atoms with van der Waals surface area (Å²) in [6, 6.07) is 7.31. The highest BCUT2D eigenvalue weighted by Gasteiger charge is 2.35. The number of nitrogens with one attached hydrogen (secondary N) is 3. The van der Waals surface area contributed by atoms with Gasteiger partial charge in [0, 0.05) is 23.8 Å². The Hall–Kier alpha value is -2.33. The quantitative estimate of drug-likeness (QED) is 0.554. The lowest BCUT2D eigenvalue weighted by Crippen LogP contribution is -2.44. The molecule has 2 rings (SSSR count). The number of carbonyl (C=O) groups is 1. The third-order valence-corrected chi connectivity index (χ3v) is 3.21. The zero-order valence-corrected chi connectivity index (χ0v) is 13.7. The summed E-state index contributed by atoms with van der Waals surface area (Å²) in [5, 5.41) is 6.52. The SMILES string of the molecule is Cn1nc(C(F)(F)F)cc1C(=O)NNC(=S)Nc1cccc(Cl)c1. The lowest BCUT2D eigenvalue weighted by molar-refractivity contribution is -0.141. The number of halogens is 4. The third kappa shape index (κ3) is 4.59. The highest BCUT2D eigenvalue weighted by atomic mass is 35.5. The van der Waals surface area contributed by atoms with Crippen LogP contribution in [0.2, 0.25) is 5.02 Å². The standard InChI is InChI=1S/C13H11ClF3N5OS/c1-22-9(6-10(21-22)13(15,16)17)11(23)19-20-12(24)18-8-4-2-3-7(14)5-8/h2-6H,1H3,(H,19,23)(H2,18,20,24). The minimum absolute atomic E-state index is 0.0313. The van der Waals surface area contributed by atoms with Gasteiger partial charge in [0.2, 0.25) is 0 Å². The number of benzene rings is 1. The average molecular weight is 378 g/mol. The maximum atomic E-state index is 12.6. The Labute approximate surface area is 144 Å². The molecule has 0 fully saturated rings. The molecule has 0 atom stereocenters. The van der Waals surface area contributed by atoms with E-state index in [1.165, 1.54) is 7.05 Å². The molecule has 6 nitrogen and oxygen atoms in total. The predicted octanol–water partition coefficient (Wildman–Crippen LogP) is 2.72. The van der Waals surface area contributed by atoms with Gasteiger partial charge < -0.3 is 5.32 Å². The zero-order valence-electron chi connectivity index (χ0n) is 12.1. The van der Waals surface area contributed by atoms with Crippen molar-refractivity contribution in [2.45, 2.75) is 6.18 Å². The van der Waals surface area contributed by atoms with Crippen molar-refractivity contribution >= 4 is 40.5 Å². The molecule has 0 aliphatic carbocycles. The van der Waals surface area contributed by atoms with Gasteiger partial charge in [0.1, 0.15) is 5.69 Å². The Morgan fingerprint density at radius 3 is 2.58 bits per heavy atom. The van der Waals surface area contributed by atoms with Crippen LogP contribution in [0.5, 0.6) is 0 Å². The number of alkyl halides is 3. The normalized spacial score (nSPS) is 11.0. The van der Waals surface area contributed by atoms with Crippen LogP contribution in [-0.2, 0) is 13.2 Å². The molecule has 24 heavy (non-hydrogen) atoms. The van der Waals surface area contributed by atoms with E-state index in [-0.39, 0.29) is 10.8 Å². The monoisotopic (exact) mass is 377 g/mol. The maximum Gasteiger partial charge on any atom is 0.435 e. The van der Waals surface area contributed by atoms with Crippen LogP contribution < -0.4 is 16.2 Å². The van der Waals surface area contributed by atoms with E-state index in [0.717, 1.165) is 4.68 Å². The molecule has 0 bridgehead atoms. The lowest BCUT2D eigenvalue weighted by Gasteiger charge is -2.11. The Morgan fingerprint density at radius 1 is 1.29 bits per heavy atom. The van der Waals surface area contributed by atoms with Gasteiger partial charge in [-0.25, -0.2) is 0 Å². The number of thiocarbonyl (C=S) groups is 1. The van der Waals surface area contributed by atoms with E-state index in [1.54, 1.807) is 24.3 Å². The second-order valence-corrected chi connectivity index (χ2v) is 5.42. The number of amides is 1. The van der Waals surface area contributed by atoms with E-state index in [1.807, 2.05) is 0 Å². The molecular weight excluding hydrogens is 367 g/mol. The number of aromatic nitrogens is 2. The molecule has 0 spiro atoms. The van der Waals surface area contributed by atoms with Crippen LogP contribution in [0, 0.1) is 0 Å². The summed E-state index contributed by atoms with van der Waals surface area (Å²) in [4.78, 5) is 11.9. The Kier molecular flexibility index (Phi) is 5.30. The third-order valence-electron chi connectivity index (χ3n) is 2.77. The van der Waals surface area contributed by atoms with Crippen LogP contribution in [-0.4, -0.2) is 20.8 Å². The predicted molar refractivity (Wildman–Crippen MR) is 86.5 cm³/mol. The number of nitrogens with zero attached hydrogens (tertiary/aromatic N) is 2. The molecule has 3 N–H and O–H groups in total. The topological polar surface area (TPSA) is 71.0 Å². The summed E-state index contributed by atoms with van der Waals surface area (Å²) in [6.45, 7) is 0. The summed E-state index contributed by atoms with van der Waals surface area (Å²) in [5.41, 5.74) is 3.71. The second-order valence-electron chi connectivity index (χ2n) is 4.58. The molecule has 1 heterocycles. The molecule has 0 radical (unpaired) electrons. The van der Waals surface area contributed by atoms with Crippen molar-refractivity contribution in [2.24, 2.45) is 7.05 Å². The molecule has 0 saturated carbocycles. The molecule has 1 amide bonds. The first-order valence-electron chi connectivity index (χ1n) is 6.41. The van der Waals surface area contributed by atoms with Crippen molar-refractivity contribution in [3.63, 3.8) is 0 Å². The Balaban J connectivity index is 1.96. The summed E-state index contributed by atoms with van der Waals surface area (Å²) >= 11 is 10.8. The van der Waals surface area contributed by atoms with Gasteiger partial charge in [-0.1, -0.05) is 17.7 Å². The molecule has 1 aromatic carbocycles. The van der Waals surface area contributed by atoms with E-state index < -0.39 is 17.8 Å². The van der Waals surface area contributed by atoms with Crippen LogP contribution in [0.4, 0.5) is 18.9 Å². The number of hydrazine groups is 1. The molecule has 11 heteroatoms. The number of hydrogen-bond acceptors (Lipinski definition) is 3. The van der Waals surface area contributed by atoms with Crippen LogP contribution in [0.1, 0.15) is 16.2 Å². The number of hydrogen-bond donors (Lipinski definition) is 3. The van der Waals surface area contributed by atoms with Crippen LogP contribution in [0.15, 0.2) is 30.3 Å². The van der Waals surface area contributed by atoms with Crippen LogP contribution in [0.25, 0.3) is 0 Å². The average Bonchev–Trinajstić information content (AvgIpc) is 2.87. The van der Waals surface area contributed by atoms with Gasteiger partial charge in [-0.3, -0.25) is 20.3 Å². The van der Waals surface area contributed by atoms with E-state index in [2.05, 4.69) is 21.3 Å². The first-order chi connectivity index (χ1) is 11.2. The molecular formula is C13H11ClF3N5OS. The second kappa shape index (κ2) is 7.05. The zero-order chi connectivity index (χ0) is 17.9. The first kappa shape index (κ1) is 18.0. The van der Waals surface area contributed by atoms with Crippen LogP contribution >= 0.6 is 23.8 Å². The number of aryl methyl sites for hydroxylation is 1. The van der Waals surface area contributed by atoms with E-state index in [9.17, 15) is 18.0 Å². The number of anilines is 1. The van der Waals surface area contributed by atoms with Gasteiger partial charge in [-0.05, 0) is 30.4 Å². The van der Waals surface area contributed by atoms with Crippen molar-refractivity contribution in [3.05, 3.63) is 46.7 Å². The van der Waals surface area contributed by atoms with Crippen LogP contribution in [0.3, 0.4) is 0 Å². The summed E-state index contributed by atoms with van der Waals surface area (Å²) in [5.74, 6) is -0.823. The smallest absolute Gasteiger partial charge is 0.331 e. The summed E-state index contributed by atoms with van der Waals surface area (Å²) in [7, 11) is 1.23. The lowest BCUT2D eigenvalue weighted by atomic mass is 10.3. The molecule has 0 unspecified atom stereocenters. The fourth-order valence-electron chi connectivity index (χ4n) is 1.72. The highest BCUT2D eigenvalue weighted by molar-refractivity contribution is 7.80. The van der Waals surface area contributed by atoms with Gasteiger partial charge in [-0.15, -0.1) is 0 Å². The Morgan fingerprint density at radius 2 is 2.00 bits per heavy atom. The van der Waals surface area contributed by atoms with Gasteiger partial charge in [0.05, 0.1) is 0 Å². The van der Waals surface area contributed by atoms with Gasteiger partial charge in [0.25, 0.3) is 5.91 Å². The fraction of sp³-hybridized carbons (Fsp3) is 0.154. The molecule has 2 aromatic rings. The van der Waals surface area contributed by atoms with E-state index in [4.69, 9.17) is 23.8 Å². The molecule has 1 aromatic heterocycles. The molecule has 0 aliphatic rings. The molecule has 0 saturated heterocycles. The van der Waals surface area contributed by atoms with Gasteiger partial charge in [-0.2, -0.15) is 18.3 Å². The van der Waals surface area contributed by atoms with Crippen molar-refractivity contribution in [1.82, 2.24) is 20.6 Å². The van der Waals surface area contributed by atoms with Gasteiger partial charge >= 0.3 is 6.18 Å². The summed E-state index contributed by atoms with van der Waals surface area (Å²) in [6.07, 6.45) is -4.63. The minimum Gasteiger partial charge on any atom is -0.331 e. The van der Waals surface area contributed by atoms with Crippen molar-refractivity contribution in [2.75, 3.05) is 5.32 Å².